The summed E-state index contributed by atoms with van der Waals surface area (Å²) in [5.74, 6) is 0. The zero-order chi connectivity index (χ0) is 20.5. The fraction of sp³-hybridized carbons (Fsp3) is 0.500. The van der Waals surface area contributed by atoms with E-state index in [1.807, 2.05) is 31.2 Å². The van der Waals surface area contributed by atoms with Crippen LogP contribution in [0.2, 0.25) is 0 Å². The Morgan fingerprint density at radius 2 is 2.14 bits per heavy atom. The van der Waals surface area contributed by atoms with Gasteiger partial charge in [0.05, 0.1) is 43.5 Å². The Kier molecular flexibility index (Phi) is 7.69. The standard InChI is InChI=1S/C22H31N5O2/c1-4-7-18-20(8-6-13-29-22(3)9-10-22)25-26-21(18)19(5-2)24-16-23-17-27-11-14-28-15-12-27/h4-8,16H,2,9-15,17H2,1,3H3,(H,25,26)/b7-4-,8-6-,23-16?,24-19?. The first-order valence-electron chi connectivity index (χ1n) is 10.2. The zero-order valence-corrected chi connectivity index (χ0v) is 17.4. The summed E-state index contributed by atoms with van der Waals surface area (Å²) in [6.07, 6.45) is 13.6. The van der Waals surface area contributed by atoms with Crippen LogP contribution in [0.25, 0.3) is 12.2 Å². The largest absolute Gasteiger partial charge is 0.379 e. The van der Waals surface area contributed by atoms with E-state index in [9.17, 15) is 0 Å². The summed E-state index contributed by atoms with van der Waals surface area (Å²) in [6, 6.07) is 0. The number of aromatic amines is 1. The molecule has 2 fully saturated rings. The summed E-state index contributed by atoms with van der Waals surface area (Å²) in [7, 11) is 0. The van der Waals surface area contributed by atoms with Gasteiger partial charge < -0.3 is 9.47 Å². The lowest BCUT2D eigenvalue weighted by molar-refractivity contribution is 0.0395. The SMILES string of the molecule is C=CC(=NC=NCN1CCOCC1)c1n[nH]c(/C=C\COC2(C)CC2)c1/C=C\C. The normalized spacial score (nSPS) is 20.3. The molecule has 0 spiro atoms. The van der Waals surface area contributed by atoms with Gasteiger partial charge in [-0.1, -0.05) is 24.8 Å². The molecule has 1 aromatic heterocycles. The highest BCUT2D eigenvalue weighted by Crippen LogP contribution is 2.38. The predicted molar refractivity (Wildman–Crippen MR) is 118 cm³/mol. The highest BCUT2D eigenvalue weighted by Gasteiger charge is 2.37. The number of ether oxygens (including phenoxy) is 2. The second-order valence-corrected chi connectivity index (χ2v) is 7.45. The van der Waals surface area contributed by atoms with Crippen LogP contribution in [0.1, 0.15) is 43.6 Å². The van der Waals surface area contributed by atoms with E-state index < -0.39 is 0 Å². The molecule has 7 nitrogen and oxygen atoms in total. The van der Waals surface area contributed by atoms with Crippen LogP contribution < -0.4 is 0 Å². The number of allylic oxidation sites excluding steroid dienone is 2. The van der Waals surface area contributed by atoms with Crippen molar-refractivity contribution in [3.8, 4) is 0 Å². The van der Waals surface area contributed by atoms with Crippen molar-refractivity contribution in [3.63, 3.8) is 0 Å². The Labute approximate surface area is 172 Å². The third kappa shape index (κ3) is 6.32. The molecule has 0 aromatic carbocycles. The fourth-order valence-corrected chi connectivity index (χ4v) is 2.97. The number of aromatic nitrogens is 2. The number of rotatable bonds is 10. The maximum absolute atomic E-state index is 5.84. The smallest absolute Gasteiger partial charge is 0.118 e. The highest BCUT2D eigenvalue weighted by molar-refractivity contribution is 6.12. The Morgan fingerprint density at radius 3 is 2.83 bits per heavy atom. The summed E-state index contributed by atoms with van der Waals surface area (Å²) in [4.78, 5) is 11.1. The number of hydrogen-bond acceptors (Lipinski definition) is 5. The molecule has 1 saturated heterocycles. The van der Waals surface area contributed by atoms with Gasteiger partial charge in [0, 0.05) is 18.7 Å². The quantitative estimate of drug-likeness (QED) is 0.485. The van der Waals surface area contributed by atoms with Crippen molar-refractivity contribution < 1.29 is 9.47 Å². The molecule has 0 unspecified atom stereocenters. The van der Waals surface area contributed by atoms with Crippen LogP contribution in [0.15, 0.2) is 34.8 Å². The molecule has 29 heavy (non-hydrogen) atoms. The number of aliphatic imine (C=N–C) groups is 2. The van der Waals surface area contributed by atoms with Crippen LogP contribution in [0, 0.1) is 0 Å². The molecule has 1 aromatic rings. The van der Waals surface area contributed by atoms with Gasteiger partial charge in [0.15, 0.2) is 0 Å². The number of nitrogens with one attached hydrogen (secondary N) is 1. The van der Waals surface area contributed by atoms with E-state index in [1.54, 1.807) is 12.4 Å². The molecule has 1 saturated carbocycles. The monoisotopic (exact) mass is 397 g/mol. The predicted octanol–water partition coefficient (Wildman–Crippen LogP) is 3.32. The summed E-state index contributed by atoms with van der Waals surface area (Å²) in [5.41, 5.74) is 3.41. The molecule has 156 valence electrons. The van der Waals surface area contributed by atoms with Crippen LogP contribution in [0.5, 0.6) is 0 Å². The molecule has 3 rings (SSSR count). The molecule has 2 heterocycles. The van der Waals surface area contributed by atoms with Crippen molar-refractivity contribution >= 4 is 24.2 Å². The van der Waals surface area contributed by atoms with Gasteiger partial charge in [-0.25, -0.2) is 4.99 Å². The molecule has 1 aliphatic heterocycles. The third-order valence-electron chi connectivity index (χ3n) is 5.03. The summed E-state index contributed by atoms with van der Waals surface area (Å²) < 4.78 is 11.2. The first kappa shape index (κ1) is 21.4. The maximum atomic E-state index is 5.84. The summed E-state index contributed by atoms with van der Waals surface area (Å²) in [6.45, 7) is 12.6. The minimum absolute atomic E-state index is 0.0822. The Hall–Kier alpha value is -2.35. The van der Waals surface area contributed by atoms with E-state index in [0.717, 1.165) is 56.1 Å². The Morgan fingerprint density at radius 1 is 1.34 bits per heavy atom. The van der Waals surface area contributed by atoms with E-state index in [2.05, 4.69) is 38.6 Å². The lowest BCUT2D eigenvalue weighted by atomic mass is 10.1. The van der Waals surface area contributed by atoms with Crippen LogP contribution in [-0.4, -0.2) is 72.3 Å². The first-order chi connectivity index (χ1) is 14.1. The number of morpholine rings is 1. The van der Waals surface area contributed by atoms with Crippen LogP contribution >= 0.6 is 0 Å². The average molecular weight is 398 g/mol. The van der Waals surface area contributed by atoms with Gasteiger partial charge in [-0.2, -0.15) is 5.10 Å². The minimum Gasteiger partial charge on any atom is -0.379 e. The molecule has 1 N–H and O–H groups in total. The van der Waals surface area contributed by atoms with Gasteiger partial charge in [0.1, 0.15) is 12.0 Å². The van der Waals surface area contributed by atoms with Crippen LogP contribution in [0.3, 0.4) is 0 Å². The molecule has 0 amide bonds. The molecule has 0 radical (unpaired) electrons. The van der Waals surface area contributed by atoms with E-state index >= 15 is 0 Å². The van der Waals surface area contributed by atoms with Crippen molar-refractivity contribution in [3.05, 3.63) is 41.8 Å². The van der Waals surface area contributed by atoms with Gasteiger partial charge in [-0.05, 0) is 38.8 Å². The van der Waals surface area contributed by atoms with Crippen molar-refractivity contribution in [2.45, 2.75) is 32.3 Å². The lowest BCUT2D eigenvalue weighted by Crippen LogP contribution is -2.36. The number of hydrogen-bond donors (Lipinski definition) is 1. The van der Waals surface area contributed by atoms with E-state index in [4.69, 9.17) is 9.47 Å². The lowest BCUT2D eigenvalue weighted by Gasteiger charge is -2.24. The van der Waals surface area contributed by atoms with E-state index in [-0.39, 0.29) is 5.60 Å². The molecule has 2 aliphatic rings. The van der Waals surface area contributed by atoms with Crippen molar-refractivity contribution in [2.24, 2.45) is 9.98 Å². The molecule has 0 atom stereocenters. The van der Waals surface area contributed by atoms with Crippen LogP contribution in [0.4, 0.5) is 0 Å². The Bertz CT molecular complexity index is 796. The van der Waals surface area contributed by atoms with E-state index in [1.165, 1.54) is 0 Å². The van der Waals surface area contributed by atoms with Crippen molar-refractivity contribution in [1.82, 2.24) is 15.1 Å². The maximum Gasteiger partial charge on any atom is 0.118 e. The van der Waals surface area contributed by atoms with Crippen molar-refractivity contribution in [2.75, 3.05) is 39.6 Å². The molecule has 0 bridgehead atoms. The molecular formula is C22H31N5O2. The minimum atomic E-state index is 0.0822. The second kappa shape index (κ2) is 10.4. The third-order valence-corrected chi connectivity index (χ3v) is 5.03. The number of nitrogens with zero attached hydrogens (tertiary/aromatic N) is 4. The summed E-state index contributed by atoms with van der Waals surface area (Å²) in [5, 5.41) is 7.55. The average Bonchev–Trinajstić information content (AvgIpc) is 3.35. The topological polar surface area (TPSA) is 75.1 Å². The molecule has 1 aliphatic carbocycles. The van der Waals surface area contributed by atoms with Gasteiger partial charge in [0.2, 0.25) is 0 Å². The van der Waals surface area contributed by atoms with Gasteiger partial charge in [0.25, 0.3) is 0 Å². The Balaban J connectivity index is 1.66. The van der Waals surface area contributed by atoms with Gasteiger partial charge >= 0.3 is 0 Å². The number of H-pyrrole nitrogens is 1. The molecular weight excluding hydrogens is 366 g/mol. The zero-order valence-electron chi connectivity index (χ0n) is 17.4. The fourth-order valence-electron chi connectivity index (χ4n) is 2.97. The molecule has 7 heteroatoms. The van der Waals surface area contributed by atoms with Crippen molar-refractivity contribution in [1.29, 1.82) is 0 Å². The van der Waals surface area contributed by atoms with Gasteiger partial charge in [-0.15, -0.1) is 0 Å². The highest BCUT2D eigenvalue weighted by atomic mass is 16.5. The van der Waals surface area contributed by atoms with Crippen LogP contribution in [-0.2, 0) is 9.47 Å². The summed E-state index contributed by atoms with van der Waals surface area (Å²) >= 11 is 0. The first-order valence-corrected chi connectivity index (χ1v) is 10.2. The van der Waals surface area contributed by atoms with E-state index in [0.29, 0.717) is 19.0 Å². The van der Waals surface area contributed by atoms with Gasteiger partial charge in [-0.3, -0.25) is 15.0 Å². The second-order valence-electron chi connectivity index (χ2n) is 7.45.